The monoisotopic (exact) mass is 581 g/mol. The van der Waals surface area contributed by atoms with E-state index in [1.807, 2.05) is 48.5 Å². The molecule has 3 aromatic carbocycles. The summed E-state index contributed by atoms with van der Waals surface area (Å²) in [5.74, 6) is -0.961. The van der Waals surface area contributed by atoms with E-state index in [0.29, 0.717) is 17.8 Å². The molecule has 1 aliphatic rings. The maximum atomic E-state index is 13.8. The first-order valence-electron chi connectivity index (χ1n) is 13.5. The lowest BCUT2D eigenvalue weighted by Gasteiger charge is -2.28. The van der Waals surface area contributed by atoms with Gasteiger partial charge in [0.1, 0.15) is 6.04 Å². The Morgan fingerprint density at radius 1 is 1.02 bits per heavy atom. The quantitative estimate of drug-likeness (QED) is 0.329. The molecule has 11 heteroatoms. The number of hydrogen-bond acceptors (Lipinski definition) is 4. The predicted molar refractivity (Wildman–Crippen MR) is 154 cm³/mol. The van der Waals surface area contributed by atoms with Crippen LogP contribution in [0.25, 0.3) is 11.1 Å². The van der Waals surface area contributed by atoms with Crippen molar-refractivity contribution in [3.63, 3.8) is 0 Å². The molecule has 0 radical (unpaired) electrons. The van der Waals surface area contributed by atoms with Gasteiger partial charge in [-0.3, -0.25) is 9.59 Å². The summed E-state index contributed by atoms with van der Waals surface area (Å²) in [6.45, 7) is 3.43. The number of halogens is 3. The lowest BCUT2D eigenvalue weighted by molar-refractivity contribution is -0.137. The molecule has 222 valence electrons. The molecule has 1 aliphatic heterocycles. The Morgan fingerprint density at radius 3 is 2.36 bits per heavy atom. The summed E-state index contributed by atoms with van der Waals surface area (Å²) in [7, 11) is 1.54. The van der Waals surface area contributed by atoms with E-state index >= 15 is 0 Å². The summed E-state index contributed by atoms with van der Waals surface area (Å²) < 4.78 is 40.5. The van der Waals surface area contributed by atoms with Crippen molar-refractivity contribution in [1.29, 1.82) is 0 Å². The molecular formula is C31H34F3N5O3. The highest BCUT2D eigenvalue weighted by Crippen LogP contribution is 2.36. The first-order chi connectivity index (χ1) is 19.8. The van der Waals surface area contributed by atoms with E-state index in [1.165, 1.54) is 31.9 Å². The van der Waals surface area contributed by atoms with Crippen molar-refractivity contribution >= 4 is 23.5 Å². The van der Waals surface area contributed by atoms with Crippen molar-refractivity contribution in [1.82, 2.24) is 16.0 Å². The summed E-state index contributed by atoms with van der Waals surface area (Å²) in [5, 5.41) is 7.99. The van der Waals surface area contributed by atoms with Crippen LogP contribution in [0, 0.1) is 0 Å². The second-order valence-corrected chi connectivity index (χ2v) is 10.8. The van der Waals surface area contributed by atoms with Crippen molar-refractivity contribution in [3.05, 3.63) is 89.0 Å². The van der Waals surface area contributed by atoms with E-state index in [4.69, 9.17) is 5.73 Å². The van der Waals surface area contributed by atoms with Crippen LogP contribution >= 0.6 is 0 Å². The van der Waals surface area contributed by atoms with Gasteiger partial charge in [-0.25, -0.2) is 4.79 Å². The molecule has 1 heterocycles. The number of carbonyl (C=O) groups is 3. The van der Waals surface area contributed by atoms with Crippen molar-refractivity contribution in [2.24, 2.45) is 5.73 Å². The third-order valence-corrected chi connectivity index (χ3v) is 7.14. The Hall–Kier alpha value is -4.38. The maximum Gasteiger partial charge on any atom is 0.416 e. The van der Waals surface area contributed by atoms with Crippen LogP contribution in [-0.4, -0.2) is 36.5 Å². The minimum Gasteiger partial charge on any atom is -0.343 e. The number of alkyl halides is 3. The van der Waals surface area contributed by atoms with E-state index < -0.39 is 35.1 Å². The van der Waals surface area contributed by atoms with Gasteiger partial charge in [-0.15, -0.1) is 0 Å². The van der Waals surface area contributed by atoms with Gasteiger partial charge in [-0.1, -0.05) is 48.5 Å². The fraction of sp³-hybridized carbons (Fsp3) is 0.323. The molecule has 4 rings (SSSR count). The van der Waals surface area contributed by atoms with Crippen LogP contribution in [0.3, 0.4) is 0 Å². The molecule has 4 amide bonds. The highest BCUT2D eigenvalue weighted by Gasteiger charge is 2.36. The molecule has 0 saturated carbocycles. The molecule has 1 atom stereocenters. The summed E-state index contributed by atoms with van der Waals surface area (Å²) in [6.07, 6.45) is -4.24. The summed E-state index contributed by atoms with van der Waals surface area (Å²) in [5.41, 5.74) is 8.08. The van der Waals surface area contributed by atoms with Crippen LogP contribution in [0.1, 0.15) is 42.5 Å². The number of fused-ring (bicyclic) bond motifs is 1. The standard InChI is InChI=1S/C31H34F3N5O3/c1-30(2,35)28(41)38-25-14-12-21-16-23(31(32,33)34)13-15-26(21)39(27(25)40)18-19-8-10-20(11-9-19)24-7-5-4-6-22(24)17-37-29(42)36-3/h4-11,13,15-16,25H,12,14,17-18,35H2,1-3H3,(H,38,41)(H2,36,37,42)/t25-/m1/s1. The molecule has 0 fully saturated rings. The summed E-state index contributed by atoms with van der Waals surface area (Å²) in [4.78, 5) is 39.5. The molecular weight excluding hydrogens is 547 g/mol. The number of nitrogens with one attached hydrogen (secondary N) is 3. The molecule has 0 spiro atoms. The predicted octanol–water partition coefficient (Wildman–Crippen LogP) is 4.50. The minimum absolute atomic E-state index is 0.0791. The Morgan fingerprint density at radius 2 is 1.71 bits per heavy atom. The first-order valence-corrected chi connectivity index (χ1v) is 13.5. The van der Waals surface area contributed by atoms with Crippen molar-refractivity contribution in [2.75, 3.05) is 11.9 Å². The van der Waals surface area contributed by atoms with Crippen LogP contribution in [0.5, 0.6) is 0 Å². The van der Waals surface area contributed by atoms with Gasteiger partial charge in [0.05, 0.1) is 17.6 Å². The average Bonchev–Trinajstić information content (AvgIpc) is 3.07. The molecule has 0 aliphatic carbocycles. The zero-order valence-electron chi connectivity index (χ0n) is 23.6. The van der Waals surface area contributed by atoms with Gasteiger partial charge in [0, 0.05) is 19.3 Å². The van der Waals surface area contributed by atoms with Crippen LogP contribution in [0.4, 0.5) is 23.7 Å². The first kappa shape index (κ1) is 30.6. The van der Waals surface area contributed by atoms with Crippen LogP contribution in [-0.2, 0) is 35.3 Å². The minimum atomic E-state index is -4.53. The summed E-state index contributed by atoms with van der Waals surface area (Å²) >= 11 is 0. The van der Waals surface area contributed by atoms with Gasteiger partial charge in [-0.05, 0) is 72.7 Å². The number of amides is 4. The fourth-order valence-electron chi connectivity index (χ4n) is 4.79. The highest BCUT2D eigenvalue weighted by molar-refractivity contribution is 6.01. The zero-order chi connectivity index (χ0) is 30.7. The molecule has 0 saturated heterocycles. The van der Waals surface area contributed by atoms with Crippen LogP contribution < -0.4 is 26.6 Å². The lowest BCUT2D eigenvalue weighted by atomic mass is 9.98. The Kier molecular flexibility index (Phi) is 8.91. The molecule has 8 nitrogen and oxygen atoms in total. The average molecular weight is 582 g/mol. The third-order valence-electron chi connectivity index (χ3n) is 7.14. The number of nitrogens with two attached hydrogens (primary N) is 1. The van der Waals surface area contributed by atoms with E-state index in [9.17, 15) is 27.6 Å². The molecule has 3 aromatic rings. The Balaban J connectivity index is 1.64. The van der Waals surface area contributed by atoms with Crippen LogP contribution in [0.15, 0.2) is 66.7 Å². The van der Waals surface area contributed by atoms with Gasteiger partial charge < -0.3 is 26.6 Å². The lowest BCUT2D eigenvalue weighted by Crippen LogP contribution is -2.56. The van der Waals surface area contributed by atoms with Crippen molar-refractivity contribution in [3.8, 4) is 11.1 Å². The van der Waals surface area contributed by atoms with Gasteiger partial charge in [0.25, 0.3) is 0 Å². The van der Waals surface area contributed by atoms with E-state index in [1.54, 1.807) is 0 Å². The Bertz CT molecular complexity index is 1470. The molecule has 0 unspecified atom stereocenters. The van der Waals surface area contributed by atoms with Gasteiger partial charge in [-0.2, -0.15) is 13.2 Å². The zero-order valence-corrected chi connectivity index (χ0v) is 23.6. The van der Waals surface area contributed by atoms with Crippen LogP contribution in [0.2, 0.25) is 0 Å². The third kappa shape index (κ3) is 7.09. The summed E-state index contributed by atoms with van der Waals surface area (Å²) in [6, 6.07) is 17.2. The smallest absolute Gasteiger partial charge is 0.343 e. The number of carbonyl (C=O) groups excluding carboxylic acids is 3. The number of rotatable bonds is 7. The van der Waals surface area contributed by atoms with Gasteiger partial charge in [0.2, 0.25) is 11.8 Å². The molecule has 0 bridgehead atoms. The van der Waals surface area contributed by atoms with E-state index in [2.05, 4.69) is 16.0 Å². The van der Waals surface area contributed by atoms with Gasteiger partial charge >= 0.3 is 12.2 Å². The SMILES string of the molecule is CNC(=O)NCc1ccccc1-c1ccc(CN2C(=O)[C@H](NC(=O)C(C)(C)N)CCc3cc(C(F)(F)F)ccc32)cc1. The van der Waals surface area contributed by atoms with Gasteiger partial charge in [0.15, 0.2) is 0 Å². The molecule has 5 N–H and O–H groups in total. The number of benzene rings is 3. The number of aryl methyl sites for hydroxylation is 1. The number of urea groups is 1. The number of anilines is 1. The largest absolute Gasteiger partial charge is 0.416 e. The second-order valence-electron chi connectivity index (χ2n) is 10.8. The van der Waals surface area contributed by atoms with Crippen molar-refractivity contribution in [2.45, 2.75) is 57.5 Å². The fourth-order valence-corrected chi connectivity index (χ4v) is 4.79. The normalized spacial score (nSPS) is 15.5. The van der Waals surface area contributed by atoms with Crippen molar-refractivity contribution < 1.29 is 27.6 Å². The number of hydrogen-bond donors (Lipinski definition) is 4. The topological polar surface area (TPSA) is 117 Å². The Labute approximate surface area is 242 Å². The highest BCUT2D eigenvalue weighted by atomic mass is 19.4. The molecule has 42 heavy (non-hydrogen) atoms. The second kappa shape index (κ2) is 12.2. The maximum absolute atomic E-state index is 13.8. The van der Waals surface area contributed by atoms with E-state index in [0.717, 1.165) is 34.4 Å². The number of nitrogens with zero attached hydrogens (tertiary/aromatic N) is 1. The van der Waals surface area contributed by atoms with E-state index in [-0.39, 0.29) is 25.4 Å². The molecule has 0 aromatic heterocycles.